The molecule has 0 radical (unpaired) electrons. The number of amides is 2. The van der Waals surface area contributed by atoms with Crippen LogP contribution in [0.25, 0.3) is 5.69 Å². The van der Waals surface area contributed by atoms with E-state index in [0.717, 1.165) is 42.8 Å². The van der Waals surface area contributed by atoms with Crippen LogP contribution >= 0.6 is 0 Å². The maximum atomic E-state index is 13.1. The van der Waals surface area contributed by atoms with Crippen molar-refractivity contribution in [3.8, 4) is 23.1 Å². The molecular weight excluding hydrogens is 444 g/mol. The molecule has 1 saturated heterocycles. The molecule has 0 aliphatic carbocycles. The van der Waals surface area contributed by atoms with Crippen LogP contribution in [0.3, 0.4) is 0 Å². The number of benzene rings is 2. The normalized spacial score (nSPS) is 15.1. The average Bonchev–Trinajstić information content (AvgIpc) is 3.51. The Labute approximate surface area is 206 Å². The Kier molecular flexibility index (Phi) is 8.26. The van der Waals surface area contributed by atoms with E-state index in [1.807, 2.05) is 73.3 Å². The zero-order chi connectivity index (χ0) is 24.6. The maximum absolute atomic E-state index is 13.1. The number of ether oxygens (including phenoxy) is 3. The number of aryl methyl sites for hydroxylation is 1. The van der Waals surface area contributed by atoms with Gasteiger partial charge in [0.2, 0.25) is 5.88 Å². The first-order chi connectivity index (χ1) is 17.1. The van der Waals surface area contributed by atoms with Gasteiger partial charge >= 0.3 is 6.03 Å². The number of nitrogens with zero attached hydrogens (tertiary/aromatic N) is 3. The van der Waals surface area contributed by atoms with Gasteiger partial charge in [0.15, 0.2) is 0 Å². The molecular formula is C27H34N4O4. The molecule has 3 aromatic rings. The van der Waals surface area contributed by atoms with Crippen LogP contribution in [0.15, 0.2) is 54.6 Å². The van der Waals surface area contributed by atoms with Gasteiger partial charge in [-0.2, -0.15) is 5.10 Å². The van der Waals surface area contributed by atoms with Crippen LogP contribution in [-0.4, -0.2) is 53.6 Å². The number of nitrogens with one attached hydrogen (secondary N) is 1. The largest absolute Gasteiger partial charge is 0.497 e. The fourth-order valence-electron chi connectivity index (χ4n) is 4.13. The SMILES string of the molecule is CCCNC(=O)N(Cc1c(C)nn(-c2ccccc2)c1Oc1cccc(OC)c1)C[C@H]1CCCO1. The highest BCUT2D eigenvalue weighted by Crippen LogP contribution is 2.33. The summed E-state index contributed by atoms with van der Waals surface area (Å²) in [5, 5.41) is 7.81. The number of hydrogen-bond acceptors (Lipinski definition) is 5. The number of urea groups is 1. The molecule has 0 unspecified atom stereocenters. The summed E-state index contributed by atoms with van der Waals surface area (Å²) < 4.78 is 19.4. The molecule has 2 amide bonds. The lowest BCUT2D eigenvalue weighted by Gasteiger charge is -2.26. The predicted octanol–water partition coefficient (Wildman–Crippen LogP) is 5.08. The first-order valence-corrected chi connectivity index (χ1v) is 12.2. The highest BCUT2D eigenvalue weighted by atomic mass is 16.5. The predicted molar refractivity (Wildman–Crippen MR) is 134 cm³/mol. The summed E-state index contributed by atoms with van der Waals surface area (Å²) in [5.74, 6) is 1.90. The lowest BCUT2D eigenvalue weighted by molar-refractivity contribution is 0.0793. The third-order valence-electron chi connectivity index (χ3n) is 6.00. The Bertz CT molecular complexity index is 1110. The van der Waals surface area contributed by atoms with Crippen molar-refractivity contribution in [2.75, 3.05) is 26.8 Å². The van der Waals surface area contributed by atoms with E-state index >= 15 is 0 Å². The number of carbonyl (C=O) groups is 1. The average molecular weight is 479 g/mol. The standard InChI is InChI=1S/C27H34N4O4/c1-4-15-28-27(32)30(18-24-14-9-16-34-24)19-25-20(2)29-31(21-10-6-5-7-11-21)26(25)35-23-13-8-12-22(17-23)33-3/h5-8,10-13,17,24H,4,9,14-16,18-19H2,1-3H3,(H,28,32)/t24-/m1/s1. The number of rotatable bonds is 10. The van der Waals surface area contributed by atoms with E-state index in [1.54, 1.807) is 11.8 Å². The minimum Gasteiger partial charge on any atom is -0.497 e. The van der Waals surface area contributed by atoms with Gasteiger partial charge in [0.25, 0.3) is 0 Å². The lowest BCUT2D eigenvalue weighted by Crippen LogP contribution is -2.43. The van der Waals surface area contributed by atoms with Crippen molar-refractivity contribution >= 4 is 6.03 Å². The molecule has 1 aromatic heterocycles. The summed E-state index contributed by atoms with van der Waals surface area (Å²) in [7, 11) is 1.63. The number of carbonyl (C=O) groups excluding carboxylic acids is 1. The molecule has 2 heterocycles. The van der Waals surface area contributed by atoms with Crippen molar-refractivity contribution in [3.63, 3.8) is 0 Å². The first kappa shape index (κ1) is 24.6. The summed E-state index contributed by atoms with van der Waals surface area (Å²) in [6, 6.07) is 17.2. The van der Waals surface area contributed by atoms with Crippen molar-refractivity contribution in [1.82, 2.24) is 20.0 Å². The Morgan fingerprint density at radius 2 is 2.00 bits per heavy atom. The molecule has 186 valence electrons. The zero-order valence-corrected chi connectivity index (χ0v) is 20.7. The van der Waals surface area contributed by atoms with Crippen molar-refractivity contribution in [2.24, 2.45) is 0 Å². The second-order valence-electron chi connectivity index (χ2n) is 8.64. The first-order valence-electron chi connectivity index (χ1n) is 12.2. The van der Waals surface area contributed by atoms with Crippen LogP contribution in [-0.2, 0) is 11.3 Å². The Balaban J connectivity index is 1.70. The van der Waals surface area contributed by atoms with Crippen LogP contribution in [0.4, 0.5) is 4.79 Å². The molecule has 35 heavy (non-hydrogen) atoms. The quantitative estimate of drug-likeness (QED) is 0.440. The summed E-state index contributed by atoms with van der Waals surface area (Å²) >= 11 is 0. The van der Waals surface area contributed by atoms with Crippen LogP contribution in [0.1, 0.15) is 37.4 Å². The summed E-state index contributed by atoms with van der Waals surface area (Å²) in [5.41, 5.74) is 2.52. The molecule has 8 heteroatoms. The number of hydrogen-bond donors (Lipinski definition) is 1. The number of para-hydroxylation sites is 1. The van der Waals surface area contributed by atoms with Crippen molar-refractivity contribution < 1.29 is 19.0 Å². The topological polar surface area (TPSA) is 77.9 Å². The molecule has 1 fully saturated rings. The van der Waals surface area contributed by atoms with Gasteiger partial charge < -0.3 is 24.4 Å². The van der Waals surface area contributed by atoms with Crippen LogP contribution in [0.2, 0.25) is 0 Å². The molecule has 2 aromatic carbocycles. The number of methoxy groups -OCH3 is 1. The molecule has 1 N–H and O–H groups in total. The van der Waals surface area contributed by atoms with E-state index < -0.39 is 0 Å². The van der Waals surface area contributed by atoms with Crippen LogP contribution in [0.5, 0.6) is 17.4 Å². The van der Waals surface area contributed by atoms with E-state index in [9.17, 15) is 4.79 Å². The van der Waals surface area contributed by atoms with Gasteiger partial charge in [-0.3, -0.25) is 0 Å². The highest BCUT2D eigenvalue weighted by molar-refractivity contribution is 5.74. The monoisotopic (exact) mass is 478 g/mol. The van der Waals surface area contributed by atoms with Crippen molar-refractivity contribution in [3.05, 3.63) is 65.9 Å². The summed E-state index contributed by atoms with van der Waals surface area (Å²) in [6.07, 6.45) is 2.88. The molecule has 0 bridgehead atoms. The van der Waals surface area contributed by atoms with E-state index in [0.29, 0.717) is 37.0 Å². The van der Waals surface area contributed by atoms with Crippen molar-refractivity contribution in [2.45, 2.75) is 45.8 Å². The van der Waals surface area contributed by atoms with E-state index in [-0.39, 0.29) is 12.1 Å². The van der Waals surface area contributed by atoms with Gasteiger partial charge in [0, 0.05) is 25.8 Å². The summed E-state index contributed by atoms with van der Waals surface area (Å²) in [6.45, 7) is 6.22. The number of aromatic nitrogens is 2. The second kappa shape index (κ2) is 11.8. The molecule has 0 saturated carbocycles. The van der Waals surface area contributed by atoms with Gasteiger partial charge in [-0.15, -0.1) is 0 Å². The molecule has 0 spiro atoms. The minimum atomic E-state index is -0.110. The lowest BCUT2D eigenvalue weighted by atomic mass is 10.2. The minimum absolute atomic E-state index is 0.0367. The zero-order valence-electron chi connectivity index (χ0n) is 20.7. The molecule has 8 nitrogen and oxygen atoms in total. The third kappa shape index (κ3) is 6.14. The molecule has 4 rings (SSSR count). The fourth-order valence-corrected chi connectivity index (χ4v) is 4.13. The molecule has 1 aliphatic rings. The van der Waals surface area contributed by atoms with E-state index in [4.69, 9.17) is 19.3 Å². The van der Waals surface area contributed by atoms with Gasteiger partial charge in [0.05, 0.1) is 36.7 Å². The molecule has 1 atom stereocenters. The smallest absolute Gasteiger partial charge is 0.317 e. The third-order valence-corrected chi connectivity index (χ3v) is 6.00. The van der Waals surface area contributed by atoms with Crippen LogP contribution in [0, 0.1) is 6.92 Å². The van der Waals surface area contributed by atoms with Gasteiger partial charge in [-0.25, -0.2) is 9.48 Å². The van der Waals surface area contributed by atoms with E-state index in [2.05, 4.69) is 5.32 Å². The van der Waals surface area contributed by atoms with Gasteiger partial charge in [-0.1, -0.05) is 31.2 Å². The van der Waals surface area contributed by atoms with Gasteiger partial charge in [-0.05, 0) is 50.5 Å². The van der Waals surface area contributed by atoms with Crippen LogP contribution < -0.4 is 14.8 Å². The Hall–Kier alpha value is -3.52. The Morgan fingerprint density at radius 3 is 2.71 bits per heavy atom. The van der Waals surface area contributed by atoms with E-state index in [1.165, 1.54) is 0 Å². The van der Waals surface area contributed by atoms with Crippen molar-refractivity contribution in [1.29, 1.82) is 0 Å². The Morgan fingerprint density at radius 1 is 1.20 bits per heavy atom. The van der Waals surface area contributed by atoms with Gasteiger partial charge in [0.1, 0.15) is 11.5 Å². The second-order valence-corrected chi connectivity index (χ2v) is 8.64. The molecule has 1 aliphatic heterocycles. The highest BCUT2D eigenvalue weighted by Gasteiger charge is 2.27. The fraction of sp³-hybridized carbons (Fsp3) is 0.407. The summed E-state index contributed by atoms with van der Waals surface area (Å²) in [4.78, 5) is 14.9. The maximum Gasteiger partial charge on any atom is 0.317 e.